The number of carbonyl (C=O) groups excluding carboxylic acids is 3. The van der Waals surface area contributed by atoms with Gasteiger partial charge in [-0.3, -0.25) is 14.4 Å². The van der Waals surface area contributed by atoms with Gasteiger partial charge in [0.05, 0.1) is 25.7 Å². The topological polar surface area (TPSA) is 89.9 Å². The number of hydrogen-bond donors (Lipinski definition) is 1. The number of rotatable bonds is 3. The Balaban J connectivity index is 2.63. The fourth-order valence-electron chi connectivity index (χ4n) is 3.46. The molecule has 0 bridgehead atoms. The summed E-state index contributed by atoms with van der Waals surface area (Å²) >= 11 is 0. The molecule has 0 amide bonds. The average molecular weight is 334 g/mol. The van der Waals surface area contributed by atoms with Crippen LogP contribution in [0.3, 0.4) is 0 Å². The average Bonchev–Trinajstić information content (AvgIpc) is 2.53. The van der Waals surface area contributed by atoms with Gasteiger partial charge in [-0.25, -0.2) is 0 Å². The van der Waals surface area contributed by atoms with E-state index in [9.17, 15) is 19.5 Å². The van der Waals surface area contributed by atoms with E-state index in [1.54, 1.807) is 12.1 Å². The van der Waals surface area contributed by atoms with Crippen molar-refractivity contribution in [3.63, 3.8) is 0 Å². The van der Waals surface area contributed by atoms with Crippen LogP contribution in [0.2, 0.25) is 0 Å². The summed E-state index contributed by atoms with van der Waals surface area (Å²) in [6.45, 7) is 3.32. The Morgan fingerprint density at radius 1 is 1.12 bits per heavy atom. The molecule has 0 spiro atoms. The Bertz CT molecular complexity index is 646. The third-order valence-corrected chi connectivity index (χ3v) is 4.64. The maximum absolute atomic E-state index is 12.5. The van der Waals surface area contributed by atoms with Crippen LogP contribution in [0, 0.1) is 18.8 Å². The van der Waals surface area contributed by atoms with E-state index in [4.69, 9.17) is 9.47 Å². The Labute approximate surface area is 140 Å². The zero-order valence-corrected chi connectivity index (χ0v) is 14.2. The molecule has 1 aromatic rings. The monoisotopic (exact) mass is 334 g/mol. The van der Waals surface area contributed by atoms with Crippen molar-refractivity contribution in [3.8, 4) is 0 Å². The summed E-state index contributed by atoms with van der Waals surface area (Å²) in [6, 6.07) is 7.15. The number of methoxy groups -OCH3 is 2. The molecule has 2 rings (SSSR count). The van der Waals surface area contributed by atoms with E-state index < -0.39 is 41.1 Å². The normalized spacial score (nSPS) is 29.9. The molecule has 0 heterocycles. The lowest BCUT2D eigenvalue weighted by Gasteiger charge is -2.43. The second kappa shape index (κ2) is 6.73. The number of ketones is 1. The van der Waals surface area contributed by atoms with Crippen molar-refractivity contribution in [1.29, 1.82) is 0 Å². The van der Waals surface area contributed by atoms with Crippen molar-refractivity contribution in [3.05, 3.63) is 35.4 Å². The highest BCUT2D eigenvalue weighted by molar-refractivity contribution is 6.02. The molecular weight excluding hydrogens is 312 g/mol. The first-order valence-corrected chi connectivity index (χ1v) is 7.70. The van der Waals surface area contributed by atoms with Crippen LogP contribution in [-0.2, 0) is 23.9 Å². The zero-order valence-electron chi connectivity index (χ0n) is 14.2. The molecule has 0 aliphatic heterocycles. The summed E-state index contributed by atoms with van der Waals surface area (Å²) in [6.07, 6.45) is -0.311. The van der Waals surface area contributed by atoms with Gasteiger partial charge in [0, 0.05) is 12.3 Å². The molecule has 0 saturated heterocycles. The lowest BCUT2D eigenvalue weighted by atomic mass is 9.61. The van der Waals surface area contributed by atoms with Crippen LogP contribution in [0.25, 0.3) is 0 Å². The van der Waals surface area contributed by atoms with Crippen LogP contribution in [0.1, 0.15) is 30.4 Å². The Kier molecular flexibility index (Phi) is 5.08. The van der Waals surface area contributed by atoms with E-state index in [0.717, 1.165) is 5.56 Å². The van der Waals surface area contributed by atoms with Gasteiger partial charge < -0.3 is 14.6 Å². The van der Waals surface area contributed by atoms with Crippen molar-refractivity contribution >= 4 is 17.7 Å². The highest BCUT2D eigenvalue weighted by atomic mass is 16.5. The Morgan fingerprint density at radius 2 is 1.67 bits per heavy atom. The second-order valence-electron chi connectivity index (χ2n) is 6.44. The molecule has 1 aliphatic carbocycles. The minimum Gasteiger partial charge on any atom is -0.469 e. The molecule has 4 atom stereocenters. The number of aryl methyl sites for hydroxylation is 1. The molecule has 1 saturated carbocycles. The third kappa shape index (κ3) is 3.19. The van der Waals surface area contributed by atoms with E-state index in [1.807, 2.05) is 19.1 Å². The van der Waals surface area contributed by atoms with Gasteiger partial charge >= 0.3 is 11.9 Å². The maximum atomic E-state index is 12.5. The quantitative estimate of drug-likeness (QED) is 0.663. The Hall–Kier alpha value is -2.21. The van der Waals surface area contributed by atoms with E-state index in [1.165, 1.54) is 21.1 Å². The first kappa shape index (κ1) is 18.1. The standard InChI is InChI=1S/C18H22O6/c1-10-5-7-11(8-6-10)13-14(16(20)23-3)12(19)9-18(2,22)15(13)17(21)24-4/h5-8,13-15,22H,9H2,1-4H3/t13-,14-,15+,18-/m1/s1. The number of hydrogen-bond acceptors (Lipinski definition) is 6. The number of aliphatic hydroxyl groups is 1. The fraction of sp³-hybridized carbons (Fsp3) is 0.500. The minimum atomic E-state index is -1.61. The maximum Gasteiger partial charge on any atom is 0.316 e. The SMILES string of the molecule is COC(=O)[C@@H]1C(=O)C[C@@](C)(O)[C@H](C(=O)OC)[C@@H]1c1ccc(C)cc1. The van der Waals surface area contributed by atoms with E-state index >= 15 is 0 Å². The highest BCUT2D eigenvalue weighted by Gasteiger charge is 2.56. The van der Waals surface area contributed by atoms with Gasteiger partial charge in [-0.1, -0.05) is 29.8 Å². The van der Waals surface area contributed by atoms with Gasteiger partial charge in [-0.15, -0.1) is 0 Å². The van der Waals surface area contributed by atoms with Gasteiger partial charge in [-0.2, -0.15) is 0 Å². The highest BCUT2D eigenvalue weighted by Crippen LogP contribution is 2.46. The molecule has 0 aromatic heterocycles. The van der Waals surface area contributed by atoms with Gasteiger partial charge in [0.25, 0.3) is 0 Å². The molecule has 6 nitrogen and oxygen atoms in total. The predicted octanol–water partition coefficient (Wildman–Crippen LogP) is 1.38. The van der Waals surface area contributed by atoms with Gasteiger partial charge in [0.2, 0.25) is 0 Å². The molecule has 6 heteroatoms. The number of carbonyl (C=O) groups is 3. The molecule has 1 aliphatic rings. The van der Waals surface area contributed by atoms with Gasteiger partial charge in [-0.05, 0) is 19.4 Å². The van der Waals surface area contributed by atoms with Gasteiger partial charge in [0.1, 0.15) is 5.92 Å². The summed E-state index contributed by atoms with van der Waals surface area (Å²) in [4.78, 5) is 37.1. The van der Waals surface area contributed by atoms with Crippen LogP contribution in [0.4, 0.5) is 0 Å². The van der Waals surface area contributed by atoms with Crippen molar-refractivity contribution < 1.29 is 29.0 Å². The first-order chi connectivity index (χ1) is 11.2. The summed E-state index contributed by atoms with van der Waals surface area (Å²) in [5, 5.41) is 10.7. The predicted molar refractivity (Wildman–Crippen MR) is 85.2 cm³/mol. The third-order valence-electron chi connectivity index (χ3n) is 4.64. The van der Waals surface area contributed by atoms with Crippen molar-refractivity contribution in [1.82, 2.24) is 0 Å². The van der Waals surface area contributed by atoms with Crippen molar-refractivity contribution in [2.24, 2.45) is 11.8 Å². The van der Waals surface area contributed by atoms with E-state index in [2.05, 4.69) is 0 Å². The molecule has 0 radical (unpaired) electrons. The molecule has 1 fully saturated rings. The van der Waals surface area contributed by atoms with Crippen molar-refractivity contribution in [2.75, 3.05) is 14.2 Å². The second-order valence-corrected chi connectivity index (χ2v) is 6.44. The molecule has 1 N–H and O–H groups in total. The lowest BCUT2D eigenvalue weighted by molar-refractivity contribution is -0.170. The lowest BCUT2D eigenvalue weighted by Crippen LogP contribution is -2.55. The van der Waals surface area contributed by atoms with Crippen LogP contribution in [0.15, 0.2) is 24.3 Å². The largest absolute Gasteiger partial charge is 0.469 e. The fourth-order valence-corrected chi connectivity index (χ4v) is 3.46. The van der Waals surface area contributed by atoms with Crippen molar-refractivity contribution in [2.45, 2.75) is 31.8 Å². The molecule has 130 valence electrons. The van der Waals surface area contributed by atoms with Crippen LogP contribution in [0.5, 0.6) is 0 Å². The van der Waals surface area contributed by atoms with E-state index in [-0.39, 0.29) is 6.42 Å². The molecule has 24 heavy (non-hydrogen) atoms. The number of benzene rings is 1. The molecule has 1 aromatic carbocycles. The summed E-state index contributed by atoms with van der Waals surface area (Å²) in [7, 11) is 2.41. The van der Waals surface area contributed by atoms with Gasteiger partial charge in [0.15, 0.2) is 5.78 Å². The summed E-state index contributed by atoms with van der Waals surface area (Å²) in [5.41, 5.74) is 0.00108. The minimum absolute atomic E-state index is 0.311. The number of esters is 2. The van der Waals surface area contributed by atoms with Crippen LogP contribution in [-0.4, -0.2) is 42.6 Å². The molecular formula is C18H22O6. The number of Topliss-reactive ketones (excluding diaryl/α,β-unsaturated/α-hetero) is 1. The van der Waals surface area contributed by atoms with Crippen LogP contribution < -0.4 is 0 Å². The summed E-state index contributed by atoms with van der Waals surface area (Å²) in [5.74, 6) is -4.87. The Morgan fingerprint density at radius 3 is 2.17 bits per heavy atom. The molecule has 0 unspecified atom stereocenters. The summed E-state index contributed by atoms with van der Waals surface area (Å²) < 4.78 is 9.61. The first-order valence-electron chi connectivity index (χ1n) is 7.70. The smallest absolute Gasteiger partial charge is 0.316 e. The zero-order chi connectivity index (χ0) is 18.1. The van der Waals surface area contributed by atoms with E-state index in [0.29, 0.717) is 5.56 Å². The van der Waals surface area contributed by atoms with Crippen LogP contribution >= 0.6 is 0 Å². The number of ether oxygens (including phenoxy) is 2.